The van der Waals surface area contributed by atoms with Crippen LogP contribution in [0, 0.1) is 0 Å². The minimum Gasteiger partial charge on any atom is -0.394 e. The second-order valence-electron chi connectivity index (χ2n) is 3.43. The first-order chi connectivity index (χ1) is 7.26. The molecule has 0 saturated carbocycles. The third kappa shape index (κ3) is 3.41. The summed E-state index contributed by atoms with van der Waals surface area (Å²) in [6, 6.07) is -1.33. The molecule has 16 heavy (non-hydrogen) atoms. The molecule has 1 heterocycles. The number of nitrogens with one attached hydrogen (secondary N) is 1. The molecule has 1 rings (SSSR count). The molecule has 8 nitrogen and oxygen atoms in total. The van der Waals surface area contributed by atoms with Crippen molar-refractivity contribution in [3.05, 3.63) is 0 Å². The van der Waals surface area contributed by atoms with Crippen molar-refractivity contribution < 1.29 is 34.9 Å². The molecule has 0 aliphatic carbocycles. The molecule has 0 amide bonds. The Morgan fingerprint density at radius 3 is 2.19 bits per heavy atom. The molecule has 96 valence electrons. The zero-order valence-electron chi connectivity index (χ0n) is 8.04. The van der Waals surface area contributed by atoms with Crippen LogP contribution in [0.3, 0.4) is 0 Å². The van der Waals surface area contributed by atoms with Gasteiger partial charge in [-0.15, -0.1) is 0 Å². The van der Waals surface area contributed by atoms with Gasteiger partial charge in [-0.3, -0.25) is 0 Å². The van der Waals surface area contributed by atoms with Gasteiger partial charge in [-0.05, 0) is 11.8 Å². The number of rotatable bonds is 3. The lowest BCUT2D eigenvalue weighted by Crippen LogP contribution is -2.62. The molecular formula is C6H14NO7PS. The van der Waals surface area contributed by atoms with Crippen LogP contribution in [-0.2, 0) is 16.5 Å². The molecule has 0 aromatic carbocycles. The van der Waals surface area contributed by atoms with Gasteiger partial charge in [-0.1, -0.05) is 0 Å². The second kappa shape index (κ2) is 5.32. The van der Waals surface area contributed by atoms with E-state index < -0.39 is 43.9 Å². The molecule has 0 aromatic heterocycles. The predicted molar refractivity (Wildman–Crippen MR) is 55.6 cm³/mol. The Labute approximate surface area is 96.3 Å². The highest BCUT2D eigenvalue weighted by atomic mass is 32.5. The largest absolute Gasteiger partial charge is 0.394 e. The number of hydrogen-bond donors (Lipinski definition) is 7. The summed E-state index contributed by atoms with van der Waals surface area (Å²) in [5, 5.41) is 39.2. The smallest absolute Gasteiger partial charge is 0.256 e. The Morgan fingerprint density at radius 2 is 1.75 bits per heavy atom. The van der Waals surface area contributed by atoms with Gasteiger partial charge in [0.1, 0.15) is 18.3 Å². The maximum atomic E-state index is 9.56. The quantitative estimate of drug-likeness (QED) is 0.262. The lowest BCUT2D eigenvalue weighted by Gasteiger charge is -2.40. The fourth-order valence-electron chi connectivity index (χ4n) is 1.43. The van der Waals surface area contributed by atoms with E-state index in [0.717, 1.165) is 0 Å². The first-order valence-electron chi connectivity index (χ1n) is 4.40. The predicted octanol–water partition coefficient (Wildman–Crippen LogP) is -3.41. The number of aliphatic hydroxyl groups is 4. The SMILES string of the molecule is OC[C@H]1OC(O)[C@H](NP(O)(O)=S)[C@@H](O)[C@@H]1O. The Hall–Kier alpha value is 0.330. The molecule has 1 aliphatic heterocycles. The van der Waals surface area contributed by atoms with Gasteiger partial charge in [0.25, 0.3) is 6.64 Å². The van der Waals surface area contributed by atoms with Crippen molar-refractivity contribution in [2.75, 3.05) is 6.61 Å². The minimum atomic E-state index is -3.85. The van der Waals surface area contributed by atoms with Crippen LogP contribution in [0.25, 0.3) is 0 Å². The van der Waals surface area contributed by atoms with Crippen LogP contribution in [0.4, 0.5) is 0 Å². The molecule has 0 bridgehead atoms. The van der Waals surface area contributed by atoms with Crippen molar-refractivity contribution in [1.82, 2.24) is 5.09 Å². The maximum absolute atomic E-state index is 9.56. The van der Waals surface area contributed by atoms with Crippen LogP contribution < -0.4 is 5.09 Å². The van der Waals surface area contributed by atoms with Gasteiger partial charge in [0.05, 0.1) is 12.6 Å². The number of hydrogen-bond acceptors (Lipinski definition) is 6. The molecule has 1 unspecified atom stereocenters. The molecule has 7 N–H and O–H groups in total. The summed E-state index contributed by atoms with van der Waals surface area (Å²) in [5.74, 6) is 0. The number of ether oxygens (including phenoxy) is 1. The summed E-state index contributed by atoms with van der Waals surface area (Å²) < 4.78 is 4.76. The average Bonchev–Trinajstić information content (AvgIpc) is 2.17. The standard InChI is InChI=1S/C6H14NO7PS/c8-1-2-4(9)5(10)3(6(11)14-2)7-15(12,13)16/h2-6,8-11H,1H2,(H3,7,12,13,16)/t2-,3-,4-,5-,6?/m1/s1. The van der Waals surface area contributed by atoms with Crippen molar-refractivity contribution in [3.63, 3.8) is 0 Å². The summed E-state index contributed by atoms with van der Waals surface area (Å²) in [4.78, 5) is 18.0. The van der Waals surface area contributed by atoms with E-state index >= 15 is 0 Å². The van der Waals surface area contributed by atoms with E-state index in [0.29, 0.717) is 0 Å². The average molecular weight is 275 g/mol. The normalized spacial score (nSPS) is 41.0. The first-order valence-corrected chi connectivity index (χ1v) is 7.11. The van der Waals surface area contributed by atoms with Crippen molar-refractivity contribution >= 4 is 18.4 Å². The fraction of sp³-hybridized carbons (Fsp3) is 1.00. The summed E-state index contributed by atoms with van der Waals surface area (Å²) in [5.41, 5.74) is 0. The Morgan fingerprint density at radius 1 is 1.19 bits per heavy atom. The van der Waals surface area contributed by atoms with E-state index in [1.807, 2.05) is 5.09 Å². The van der Waals surface area contributed by atoms with E-state index in [1.165, 1.54) is 0 Å². The summed E-state index contributed by atoms with van der Waals surface area (Å²) in [6.07, 6.45) is -5.76. The van der Waals surface area contributed by atoms with Crippen LogP contribution in [0.15, 0.2) is 0 Å². The van der Waals surface area contributed by atoms with Gasteiger partial charge in [0.2, 0.25) is 0 Å². The molecule has 0 spiro atoms. The van der Waals surface area contributed by atoms with E-state index in [2.05, 4.69) is 11.8 Å². The van der Waals surface area contributed by atoms with Crippen LogP contribution in [0.2, 0.25) is 0 Å². The van der Waals surface area contributed by atoms with Crippen LogP contribution in [-0.4, -0.2) is 67.5 Å². The van der Waals surface area contributed by atoms with Crippen LogP contribution in [0.5, 0.6) is 0 Å². The zero-order chi connectivity index (χ0) is 12.5. The lowest BCUT2D eigenvalue weighted by atomic mass is 9.98. The zero-order valence-corrected chi connectivity index (χ0v) is 9.75. The molecule has 0 aromatic rings. The molecule has 1 fully saturated rings. The van der Waals surface area contributed by atoms with Gasteiger partial charge in [-0.2, -0.15) is 0 Å². The van der Waals surface area contributed by atoms with Crippen molar-refractivity contribution in [3.8, 4) is 0 Å². The Kier molecular flexibility index (Phi) is 4.78. The van der Waals surface area contributed by atoms with Gasteiger partial charge in [0, 0.05) is 0 Å². The first kappa shape index (κ1) is 14.4. The monoisotopic (exact) mass is 275 g/mol. The topological polar surface area (TPSA) is 143 Å². The van der Waals surface area contributed by atoms with E-state index in [9.17, 15) is 15.3 Å². The third-order valence-corrected chi connectivity index (χ3v) is 3.17. The van der Waals surface area contributed by atoms with Gasteiger partial charge in [-0.25, -0.2) is 5.09 Å². The van der Waals surface area contributed by atoms with E-state index in [1.54, 1.807) is 0 Å². The van der Waals surface area contributed by atoms with Crippen molar-refractivity contribution in [2.24, 2.45) is 0 Å². The highest BCUT2D eigenvalue weighted by Crippen LogP contribution is 2.33. The van der Waals surface area contributed by atoms with Gasteiger partial charge in [0.15, 0.2) is 6.29 Å². The third-order valence-electron chi connectivity index (χ3n) is 2.22. The van der Waals surface area contributed by atoms with Crippen LogP contribution in [0.1, 0.15) is 0 Å². The summed E-state index contributed by atoms with van der Waals surface area (Å²) in [6.45, 7) is -4.44. The highest BCUT2D eigenvalue weighted by molar-refractivity contribution is 8.08. The van der Waals surface area contributed by atoms with E-state index in [4.69, 9.17) is 19.6 Å². The molecule has 1 aliphatic rings. The fourth-order valence-corrected chi connectivity index (χ4v) is 2.46. The lowest BCUT2D eigenvalue weighted by molar-refractivity contribution is -0.251. The molecular weight excluding hydrogens is 261 g/mol. The summed E-state index contributed by atoms with van der Waals surface area (Å²) >= 11 is 4.27. The molecule has 0 radical (unpaired) electrons. The Bertz CT molecular complexity index is 286. The van der Waals surface area contributed by atoms with Crippen molar-refractivity contribution in [2.45, 2.75) is 30.6 Å². The molecule has 10 heteroatoms. The molecule has 1 saturated heterocycles. The Balaban J connectivity index is 2.76. The molecule has 5 atom stereocenters. The number of aliphatic hydroxyl groups excluding tert-OH is 4. The van der Waals surface area contributed by atoms with Gasteiger partial charge < -0.3 is 34.9 Å². The maximum Gasteiger partial charge on any atom is 0.256 e. The minimum absolute atomic E-state index is 0.589. The van der Waals surface area contributed by atoms with E-state index in [-0.39, 0.29) is 0 Å². The van der Waals surface area contributed by atoms with Gasteiger partial charge >= 0.3 is 0 Å². The summed E-state index contributed by atoms with van der Waals surface area (Å²) in [7, 11) is 0. The van der Waals surface area contributed by atoms with Crippen molar-refractivity contribution in [1.29, 1.82) is 0 Å². The second-order valence-corrected chi connectivity index (χ2v) is 6.30. The van der Waals surface area contributed by atoms with Crippen LogP contribution >= 0.6 is 6.64 Å². The highest BCUT2D eigenvalue weighted by Gasteiger charge is 2.44.